The van der Waals surface area contributed by atoms with E-state index in [9.17, 15) is 9.59 Å². The number of hydrogen-bond acceptors (Lipinski definition) is 2. The van der Waals surface area contributed by atoms with E-state index in [2.05, 4.69) is 5.32 Å². The number of rotatable bonds is 3. The third-order valence-corrected chi connectivity index (χ3v) is 0.884. The van der Waals surface area contributed by atoms with Gasteiger partial charge in [0, 0.05) is 5.92 Å². The molecule has 0 aliphatic rings. The highest BCUT2D eigenvalue weighted by Crippen LogP contribution is 1.88. The zero-order valence-electron chi connectivity index (χ0n) is 5.68. The molecule has 0 rings (SSSR count). The predicted molar refractivity (Wildman–Crippen MR) is 33.9 cm³/mol. The molecular weight excluding hydrogens is 118 g/mol. The van der Waals surface area contributed by atoms with Gasteiger partial charge in [-0.05, 0) is 0 Å². The lowest BCUT2D eigenvalue weighted by atomic mass is 10.2. The van der Waals surface area contributed by atoms with Gasteiger partial charge < -0.3 is 10.1 Å². The van der Waals surface area contributed by atoms with Gasteiger partial charge >= 0.3 is 0 Å². The van der Waals surface area contributed by atoms with Crippen LogP contribution in [0.5, 0.6) is 0 Å². The van der Waals surface area contributed by atoms with Crippen LogP contribution in [0.2, 0.25) is 0 Å². The Hall–Kier alpha value is -0.860. The first-order chi connectivity index (χ1) is 4.18. The minimum atomic E-state index is -0.0814. The van der Waals surface area contributed by atoms with E-state index in [1.54, 1.807) is 13.8 Å². The van der Waals surface area contributed by atoms with Crippen LogP contribution in [0, 0.1) is 5.92 Å². The second-order valence-corrected chi connectivity index (χ2v) is 2.07. The molecule has 0 aromatic rings. The molecule has 3 nitrogen and oxygen atoms in total. The summed E-state index contributed by atoms with van der Waals surface area (Å²) >= 11 is 0. The van der Waals surface area contributed by atoms with Gasteiger partial charge in [-0.25, -0.2) is 0 Å². The molecule has 0 unspecified atom stereocenters. The lowest BCUT2D eigenvalue weighted by molar-refractivity contribution is -0.125. The van der Waals surface area contributed by atoms with Crippen LogP contribution >= 0.6 is 0 Å². The summed E-state index contributed by atoms with van der Waals surface area (Å²) in [4.78, 5) is 20.3. The van der Waals surface area contributed by atoms with Crippen LogP contribution < -0.4 is 5.32 Å². The molecule has 0 saturated heterocycles. The van der Waals surface area contributed by atoms with Crippen LogP contribution in [0.15, 0.2) is 0 Å². The van der Waals surface area contributed by atoms with Gasteiger partial charge in [0.05, 0.1) is 6.54 Å². The maximum Gasteiger partial charge on any atom is 0.222 e. The average molecular weight is 129 g/mol. The van der Waals surface area contributed by atoms with E-state index < -0.39 is 0 Å². The molecule has 0 heterocycles. The van der Waals surface area contributed by atoms with Crippen LogP contribution in [0.4, 0.5) is 0 Å². The Morgan fingerprint density at radius 3 is 2.56 bits per heavy atom. The van der Waals surface area contributed by atoms with Gasteiger partial charge in [0.15, 0.2) is 0 Å². The van der Waals surface area contributed by atoms with E-state index in [0.717, 1.165) is 0 Å². The molecule has 0 aliphatic heterocycles. The molecule has 0 aliphatic carbocycles. The molecule has 52 valence electrons. The molecule has 0 spiro atoms. The maximum atomic E-state index is 10.6. The van der Waals surface area contributed by atoms with Crippen molar-refractivity contribution < 1.29 is 9.59 Å². The highest BCUT2D eigenvalue weighted by Gasteiger charge is 2.03. The lowest BCUT2D eigenvalue weighted by Gasteiger charge is -2.01. The first-order valence-electron chi connectivity index (χ1n) is 2.90. The Bertz CT molecular complexity index is 110. The van der Waals surface area contributed by atoms with Crippen LogP contribution in [0.25, 0.3) is 0 Å². The summed E-state index contributed by atoms with van der Waals surface area (Å²) in [6, 6.07) is 0. The number of nitrogens with one attached hydrogen (secondary N) is 1. The predicted octanol–water partition coefficient (Wildman–Crippen LogP) is -0.0425. The largest absolute Gasteiger partial charge is 0.349 e. The van der Waals surface area contributed by atoms with E-state index in [4.69, 9.17) is 0 Å². The van der Waals surface area contributed by atoms with E-state index in [-0.39, 0.29) is 18.4 Å². The number of carbonyl (C=O) groups is 2. The first-order valence-corrected chi connectivity index (χ1v) is 2.90. The molecule has 3 heteroatoms. The van der Waals surface area contributed by atoms with Crippen molar-refractivity contribution in [3.8, 4) is 0 Å². The minimum absolute atomic E-state index is 0.0371. The summed E-state index contributed by atoms with van der Waals surface area (Å²) in [5.41, 5.74) is 0. The second kappa shape index (κ2) is 4.06. The van der Waals surface area contributed by atoms with Gasteiger partial charge in [0.25, 0.3) is 0 Å². The maximum absolute atomic E-state index is 10.6. The van der Waals surface area contributed by atoms with E-state index in [1.807, 2.05) is 0 Å². The Kier molecular flexibility index (Phi) is 3.67. The number of amides is 1. The Morgan fingerprint density at radius 2 is 2.22 bits per heavy atom. The normalized spacial score (nSPS) is 9.22. The van der Waals surface area contributed by atoms with Gasteiger partial charge in [-0.3, -0.25) is 4.79 Å². The Balaban J connectivity index is 3.38. The SMILES string of the molecule is CC(C)C(=O)NCC=O. The van der Waals surface area contributed by atoms with Gasteiger partial charge in [-0.1, -0.05) is 13.8 Å². The van der Waals surface area contributed by atoms with Crippen LogP contribution in [-0.2, 0) is 9.59 Å². The van der Waals surface area contributed by atoms with Gasteiger partial charge in [0.1, 0.15) is 6.29 Å². The van der Waals surface area contributed by atoms with Crippen LogP contribution in [0.3, 0.4) is 0 Å². The fourth-order valence-corrected chi connectivity index (χ4v) is 0.346. The smallest absolute Gasteiger partial charge is 0.222 e. The van der Waals surface area contributed by atoms with Gasteiger partial charge in [-0.15, -0.1) is 0 Å². The standard InChI is InChI=1S/C6H11NO2/c1-5(2)6(9)7-3-4-8/h4-5H,3H2,1-2H3,(H,7,9). The summed E-state index contributed by atoms with van der Waals surface area (Å²) in [5.74, 6) is -0.118. The van der Waals surface area contributed by atoms with Gasteiger partial charge in [-0.2, -0.15) is 0 Å². The third kappa shape index (κ3) is 3.70. The molecule has 9 heavy (non-hydrogen) atoms. The van der Waals surface area contributed by atoms with Gasteiger partial charge in [0.2, 0.25) is 5.91 Å². The van der Waals surface area contributed by atoms with E-state index in [1.165, 1.54) is 0 Å². The van der Waals surface area contributed by atoms with Crippen molar-refractivity contribution in [1.29, 1.82) is 0 Å². The van der Waals surface area contributed by atoms with Crippen molar-refractivity contribution in [3.05, 3.63) is 0 Å². The Morgan fingerprint density at radius 1 is 1.67 bits per heavy atom. The monoisotopic (exact) mass is 129 g/mol. The Labute approximate surface area is 54.4 Å². The van der Waals surface area contributed by atoms with Crippen LogP contribution in [0.1, 0.15) is 13.8 Å². The van der Waals surface area contributed by atoms with Crippen LogP contribution in [-0.4, -0.2) is 18.7 Å². The third-order valence-electron chi connectivity index (χ3n) is 0.884. The molecular formula is C6H11NO2. The summed E-state index contributed by atoms with van der Waals surface area (Å²) in [7, 11) is 0. The average Bonchev–Trinajstić information content (AvgIpc) is 1.82. The van der Waals surface area contributed by atoms with Crippen molar-refractivity contribution >= 4 is 12.2 Å². The highest BCUT2D eigenvalue weighted by atomic mass is 16.2. The van der Waals surface area contributed by atoms with Crippen molar-refractivity contribution in [3.63, 3.8) is 0 Å². The minimum Gasteiger partial charge on any atom is -0.349 e. The number of hydrogen-bond donors (Lipinski definition) is 1. The van der Waals surface area contributed by atoms with Crippen molar-refractivity contribution in [2.24, 2.45) is 5.92 Å². The quantitative estimate of drug-likeness (QED) is 0.543. The molecule has 0 radical (unpaired) electrons. The summed E-state index contributed by atoms with van der Waals surface area (Å²) in [5, 5.41) is 2.42. The zero-order valence-corrected chi connectivity index (χ0v) is 5.68. The fraction of sp³-hybridized carbons (Fsp3) is 0.667. The molecule has 0 atom stereocenters. The zero-order chi connectivity index (χ0) is 7.28. The molecule has 1 amide bonds. The van der Waals surface area contributed by atoms with E-state index >= 15 is 0 Å². The summed E-state index contributed by atoms with van der Waals surface area (Å²) in [6.07, 6.45) is 0.667. The fourth-order valence-electron chi connectivity index (χ4n) is 0.346. The molecule has 0 saturated carbocycles. The van der Waals surface area contributed by atoms with Crippen molar-refractivity contribution in [2.45, 2.75) is 13.8 Å². The summed E-state index contributed by atoms with van der Waals surface area (Å²) in [6.45, 7) is 3.68. The molecule has 1 N–H and O–H groups in total. The molecule has 0 aromatic carbocycles. The summed E-state index contributed by atoms with van der Waals surface area (Å²) < 4.78 is 0. The molecule has 0 fully saturated rings. The topological polar surface area (TPSA) is 46.2 Å². The molecule has 0 bridgehead atoms. The number of aldehydes is 1. The van der Waals surface area contributed by atoms with E-state index in [0.29, 0.717) is 6.29 Å². The van der Waals surface area contributed by atoms with Crippen molar-refractivity contribution in [1.82, 2.24) is 5.32 Å². The highest BCUT2D eigenvalue weighted by molar-refractivity contribution is 5.79. The number of carbonyl (C=O) groups excluding carboxylic acids is 2. The lowest BCUT2D eigenvalue weighted by Crippen LogP contribution is -2.28. The van der Waals surface area contributed by atoms with Crippen molar-refractivity contribution in [2.75, 3.05) is 6.54 Å². The molecule has 0 aromatic heterocycles. The first kappa shape index (κ1) is 8.14. The second-order valence-electron chi connectivity index (χ2n) is 2.07.